The van der Waals surface area contributed by atoms with Crippen molar-refractivity contribution < 1.29 is 26.8 Å². The van der Waals surface area contributed by atoms with Gasteiger partial charge in [-0.3, -0.25) is 19.1 Å². The highest BCUT2D eigenvalue weighted by atomic mass is 32.2. The highest BCUT2D eigenvalue weighted by Crippen LogP contribution is 2.30. The molecule has 5 rings (SSSR count). The molecule has 5 aromatic rings. The highest BCUT2D eigenvalue weighted by molar-refractivity contribution is 7.90. The molecule has 0 N–H and O–H groups in total. The fourth-order valence-electron chi connectivity index (χ4n) is 3.96. The molecule has 0 aliphatic rings. The first-order valence-electron chi connectivity index (χ1n) is 10.9. The molecule has 10 heteroatoms. The van der Waals surface area contributed by atoms with Gasteiger partial charge in [-0.15, -0.1) is 0 Å². The van der Waals surface area contributed by atoms with E-state index in [4.69, 9.17) is 0 Å². The van der Waals surface area contributed by atoms with Gasteiger partial charge in [-0.2, -0.15) is 0 Å². The Hall–Kier alpha value is -4.70. The van der Waals surface area contributed by atoms with E-state index >= 15 is 0 Å². The average Bonchev–Trinajstić information content (AvgIpc) is 3.55. The van der Waals surface area contributed by atoms with Gasteiger partial charge in [-0.25, -0.2) is 21.2 Å². The van der Waals surface area contributed by atoms with Crippen molar-refractivity contribution in [2.75, 3.05) is 0 Å². The predicted molar refractivity (Wildman–Crippen MR) is 132 cm³/mol. The van der Waals surface area contributed by atoms with Gasteiger partial charge in [0, 0.05) is 41.5 Å². The first-order chi connectivity index (χ1) is 17.8. The number of benzene rings is 2. The number of aldehydes is 1. The van der Waals surface area contributed by atoms with Crippen molar-refractivity contribution in [2.24, 2.45) is 0 Å². The molecule has 0 aliphatic heterocycles. The Morgan fingerprint density at radius 3 is 2.11 bits per heavy atom. The van der Waals surface area contributed by atoms with Crippen molar-refractivity contribution in [3.63, 3.8) is 0 Å². The summed E-state index contributed by atoms with van der Waals surface area (Å²) in [6, 6.07) is 16.3. The first-order valence-corrected chi connectivity index (χ1v) is 12.3. The second-order valence-corrected chi connectivity index (χ2v) is 9.89. The van der Waals surface area contributed by atoms with E-state index in [9.17, 15) is 26.8 Å². The Kier molecular flexibility index (Phi) is 6.10. The summed E-state index contributed by atoms with van der Waals surface area (Å²) in [4.78, 5) is 28.8. The number of carbonyl (C=O) groups is 2. The normalized spacial score (nSPS) is 11.4. The van der Waals surface area contributed by atoms with Gasteiger partial charge in [0.15, 0.2) is 6.29 Å². The molecule has 0 bridgehead atoms. The van der Waals surface area contributed by atoms with E-state index in [1.165, 1.54) is 73.1 Å². The Bertz CT molecular complexity index is 1760. The Labute approximate surface area is 210 Å². The van der Waals surface area contributed by atoms with Crippen LogP contribution in [0.2, 0.25) is 0 Å². The zero-order valence-electron chi connectivity index (χ0n) is 19.0. The zero-order chi connectivity index (χ0) is 26.2. The lowest BCUT2D eigenvalue weighted by Crippen LogP contribution is -2.14. The lowest BCUT2D eigenvalue weighted by molar-refractivity contribution is 0.0962. The Balaban J connectivity index is 1.70. The molecule has 37 heavy (non-hydrogen) atoms. The summed E-state index contributed by atoms with van der Waals surface area (Å²) in [7, 11) is -4.23. The van der Waals surface area contributed by atoms with E-state index in [1.54, 1.807) is 6.07 Å². The smallest absolute Gasteiger partial charge is 0.269 e. The molecule has 0 radical (unpaired) electrons. The maximum absolute atomic E-state index is 14.0. The molecule has 0 fully saturated rings. The van der Waals surface area contributed by atoms with Gasteiger partial charge in [0.25, 0.3) is 15.9 Å². The van der Waals surface area contributed by atoms with Crippen LogP contribution < -0.4 is 0 Å². The van der Waals surface area contributed by atoms with Crippen LogP contribution in [0.4, 0.5) is 8.78 Å². The number of rotatable bonds is 6. The quantitative estimate of drug-likeness (QED) is 0.295. The molecule has 2 aromatic carbocycles. The van der Waals surface area contributed by atoms with Gasteiger partial charge in [-0.1, -0.05) is 24.3 Å². The fraction of sp³-hybridized carbons (Fsp3) is 0. The molecule has 3 heterocycles. The van der Waals surface area contributed by atoms with Gasteiger partial charge < -0.3 is 0 Å². The largest absolute Gasteiger partial charge is 0.298 e. The van der Waals surface area contributed by atoms with Crippen LogP contribution >= 0.6 is 0 Å². The van der Waals surface area contributed by atoms with Crippen LogP contribution in [0.5, 0.6) is 0 Å². The van der Waals surface area contributed by atoms with E-state index in [0.717, 1.165) is 27.0 Å². The Morgan fingerprint density at radius 2 is 1.51 bits per heavy atom. The highest BCUT2D eigenvalue weighted by Gasteiger charge is 2.26. The Morgan fingerprint density at radius 1 is 0.838 bits per heavy atom. The standard InChI is InChI=1S/C27H17F2N3O4S/c28-22-6-1-4-19(11-22)25-10-18(17-33)15-31(25)27(34)21-13-26(20-5-2-7-23(29)12-20)32(16-21)37(35,36)24-8-3-9-30-14-24/h1-17H. The molecule has 0 saturated heterocycles. The van der Waals surface area contributed by atoms with Gasteiger partial charge in [0.05, 0.1) is 17.0 Å². The van der Waals surface area contributed by atoms with Crippen LogP contribution in [0.25, 0.3) is 22.5 Å². The molecular formula is C27H17F2N3O4S. The van der Waals surface area contributed by atoms with Crippen LogP contribution in [0, 0.1) is 11.6 Å². The molecule has 0 unspecified atom stereocenters. The number of hydrogen-bond donors (Lipinski definition) is 0. The second kappa shape index (κ2) is 9.40. The number of aromatic nitrogens is 3. The molecule has 0 amide bonds. The van der Waals surface area contributed by atoms with Crippen molar-refractivity contribution in [3.8, 4) is 22.5 Å². The number of carbonyl (C=O) groups excluding carboxylic acids is 2. The summed E-state index contributed by atoms with van der Waals surface area (Å²) >= 11 is 0. The monoisotopic (exact) mass is 517 g/mol. The number of halogens is 2. The maximum Gasteiger partial charge on any atom is 0.269 e. The summed E-state index contributed by atoms with van der Waals surface area (Å²) in [6.07, 6.45) is 5.53. The van der Waals surface area contributed by atoms with Crippen LogP contribution in [0.3, 0.4) is 0 Å². The van der Waals surface area contributed by atoms with Crippen LogP contribution in [0.1, 0.15) is 20.7 Å². The number of pyridine rings is 1. The minimum absolute atomic E-state index is 0.0433. The van der Waals surface area contributed by atoms with E-state index < -0.39 is 27.6 Å². The lowest BCUT2D eigenvalue weighted by Gasteiger charge is -2.10. The fourth-order valence-corrected chi connectivity index (χ4v) is 5.30. The molecule has 0 spiro atoms. The van der Waals surface area contributed by atoms with E-state index in [0.29, 0.717) is 11.8 Å². The van der Waals surface area contributed by atoms with E-state index in [2.05, 4.69) is 4.98 Å². The zero-order valence-corrected chi connectivity index (χ0v) is 19.8. The maximum atomic E-state index is 14.0. The van der Waals surface area contributed by atoms with Crippen LogP contribution in [-0.2, 0) is 10.0 Å². The van der Waals surface area contributed by atoms with Gasteiger partial charge in [0.2, 0.25) is 0 Å². The molecule has 0 aliphatic carbocycles. The van der Waals surface area contributed by atoms with E-state index in [1.807, 2.05) is 0 Å². The van der Waals surface area contributed by atoms with Crippen LogP contribution in [0.15, 0.2) is 102 Å². The molecule has 0 atom stereocenters. The minimum atomic E-state index is -4.23. The third kappa shape index (κ3) is 4.50. The molecule has 0 saturated carbocycles. The van der Waals surface area contributed by atoms with Crippen molar-refractivity contribution >= 4 is 22.2 Å². The SMILES string of the molecule is O=Cc1cc(-c2cccc(F)c2)n(C(=O)c2cc(-c3cccc(F)c3)n(S(=O)(=O)c3cccnc3)c2)c1. The topological polar surface area (TPSA) is 91.0 Å². The summed E-state index contributed by atoms with van der Waals surface area (Å²) < 4.78 is 56.9. The van der Waals surface area contributed by atoms with Crippen molar-refractivity contribution in [1.82, 2.24) is 13.5 Å². The number of nitrogens with zero attached hydrogens (tertiary/aromatic N) is 3. The van der Waals surface area contributed by atoms with Gasteiger partial charge in [-0.05, 0) is 48.5 Å². The van der Waals surface area contributed by atoms with E-state index in [-0.39, 0.29) is 33.0 Å². The number of hydrogen-bond acceptors (Lipinski definition) is 5. The minimum Gasteiger partial charge on any atom is -0.298 e. The summed E-state index contributed by atoms with van der Waals surface area (Å²) in [6.45, 7) is 0. The molecule has 3 aromatic heterocycles. The summed E-state index contributed by atoms with van der Waals surface area (Å²) in [5.41, 5.74) is 0.952. The van der Waals surface area contributed by atoms with Crippen molar-refractivity contribution in [3.05, 3.63) is 120 Å². The average molecular weight is 518 g/mol. The molecule has 7 nitrogen and oxygen atoms in total. The molecule has 184 valence electrons. The predicted octanol–water partition coefficient (Wildman–Crippen LogP) is 5.03. The summed E-state index contributed by atoms with van der Waals surface area (Å²) in [5.74, 6) is -1.80. The van der Waals surface area contributed by atoms with Crippen molar-refractivity contribution in [1.29, 1.82) is 0 Å². The lowest BCUT2D eigenvalue weighted by atomic mass is 10.1. The van der Waals surface area contributed by atoms with Crippen molar-refractivity contribution in [2.45, 2.75) is 4.90 Å². The summed E-state index contributed by atoms with van der Waals surface area (Å²) in [5, 5.41) is 0. The third-order valence-corrected chi connectivity index (χ3v) is 7.32. The first kappa shape index (κ1) is 24.0. The van der Waals surface area contributed by atoms with Crippen LogP contribution in [-0.4, -0.2) is 34.1 Å². The van der Waals surface area contributed by atoms with Gasteiger partial charge >= 0.3 is 0 Å². The third-order valence-electron chi connectivity index (χ3n) is 5.66. The van der Waals surface area contributed by atoms with Gasteiger partial charge in [0.1, 0.15) is 16.5 Å². The molecular weight excluding hydrogens is 500 g/mol. The second-order valence-electron chi connectivity index (χ2n) is 8.08.